The van der Waals surface area contributed by atoms with Crippen molar-refractivity contribution in [2.75, 3.05) is 28.3 Å². The van der Waals surface area contributed by atoms with Gasteiger partial charge in [0.15, 0.2) is 0 Å². The van der Waals surface area contributed by atoms with Gasteiger partial charge in [0.25, 0.3) is 0 Å². The van der Waals surface area contributed by atoms with Gasteiger partial charge in [-0.25, -0.2) is 0 Å². The predicted molar refractivity (Wildman–Crippen MR) is 73.6 cm³/mol. The van der Waals surface area contributed by atoms with Crippen molar-refractivity contribution in [2.45, 2.75) is 19.0 Å². The van der Waals surface area contributed by atoms with Crippen LogP contribution in [-0.2, 0) is 8.85 Å². The monoisotopic (exact) mass is 253 g/mol. The van der Waals surface area contributed by atoms with Gasteiger partial charge in [0.05, 0.1) is 5.67 Å². The third-order valence-electron chi connectivity index (χ3n) is 3.23. The van der Waals surface area contributed by atoms with Crippen LogP contribution < -0.4 is 5.19 Å². The molecule has 1 aromatic rings. The second kappa shape index (κ2) is 6.30. The second-order valence-corrected chi connectivity index (χ2v) is 7.72. The van der Waals surface area contributed by atoms with E-state index in [0.29, 0.717) is 5.67 Å². The Morgan fingerprint density at radius 2 is 1.65 bits per heavy atom. The summed E-state index contributed by atoms with van der Waals surface area (Å²) in [7, 11) is 5.29. The molecule has 0 bridgehead atoms. The topological polar surface area (TPSA) is 21.7 Å². The van der Waals surface area contributed by atoms with Gasteiger partial charge in [-0.05, 0) is 25.7 Å². The maximum absolute atomic E-state index is 5.86. The van der Waals surface area contributed by atoms with E-state index in [1.165, 1.54) is 5.19 Å². The Hall–Kier alpha value is -0.683. The average Bonchev–Trinajstić information content (AvgIpc) is 2.36. The fraction of sp³-hybridized carbons (Fsp3) is 0.538. The molecule has 0 saturated heterocycles. The zero-order valence-electron chi connectivity index (χ0n) is 11.4. The molecular formula is C13H23NO2Si. The van der Waals surface area contributed by atoms with E-state index in [2.05, 4.69) is 38.1 Å². The molecule has 0 amide bonds. The number of rotatable bonds is 6. The second-order valence-electron chi connectivity index (χ2n) is 4.33. The molecule has 4 heteroatoms. The highest BCUT2D eigenvalue weighted by atomic mass is 28.4. The van der Waals surface area contributed by atoms with Gasteiger partial charge in [0.2, 0.25) is 0 Å². The Labute approximate surface area is 106 Å². The molecule has 0 fully saturated rings. The zero-order chi connectivity index (χ0) is 12.9. The standard InChI is InChI=1S/C13H23NO2Si/c1-6-13(14(2)3)17(15-4,16-5)12-10-8-7-9-11-12/h7-11,13H,6H2,1-5H3. The van der Waals surface area contributed by atoms with Gasteiger partial charge in [-0.1, -0.05) is 37.3 Å². The highest BCUT2D eigenvalue weighted by Gasteiger charge is 2.46. The summed E-state index contributed by atoms with van der Waals surface area (Å²) in [6.45, 7) is 2.17. The summed E-state index contributed by atoms with van der Waals surface area (Å²) in [5.41, 5.74) is 0.305. The summed E-state index contributed by atoms with van der Waals surface area (Å²) in [6, 6.07) is 10.3. The molecule has 0 aliphatic carbocycles. The summed E-state index contributed by atoms with van der Waals surface area (Å²) in [5.74, 6) is 0. The van der Waals surface area contributed by atoms with Crippen molar-refractivity contribution in [2.24, 2.45) is 0 Å². The molecule has 0 aliphatic rings. The number of hydrogen-bond acceptors (Lipinski definition) is 3. The van der Waals surface area contributed by atoms with Gasteiger partial charge in [0, 0.05) is 14.2 Å². The van der Waals surface area contributed by atoms with Crippen molar-refractivity contribution in [3.05, 3.63) is 30.3 Å². The molecule has 0 spiro atoms. The molecule has 0 saturated carbocycles. The molecule has 1 unspecified atom stereocenters. The normalized spacial score (nSPS) is 14.0. The molecule has 1 atom stereocenters. The van der Waals surface area contributed by atoms with Crippen molar-refractivity contribution in [3.63, 3.8) is 0 Å². The molecule has 0 N–H and O–H groups in total. The van der Waals surface area contributed by atoms with Gasteiger partial charge in [-0.2, -0.15) is 0 Å². The fourth-order valence-electron chi connectivity index (χ4n) is 2.43. The third-order valence-corrected chi connectivity index (χ3v) is 7.38. The lowest BCUT2D eigenvalue weighted by atomic mass is 10.4. The Morgan fingerprint density at radius 3 is 2.00 bits per heavy atom. The van der Waals surface area contributed by atoms with E-state index in [-0.39, 0.29) is 0 Å². The summed E-state index contributed by atoms with van der Waals surface area (Å²) in [5, 5.41) is 1.19. The first-order valence-electron chi connectivity index (χ1n) is 5.94. The van der Waals surface area contributed by atoms with E-state index < -0.39 is 8.56 Å². The fourth-order valence-corrected chi connectivity index (χ4v) is 5.87. The van der Waals surface area contributed by atoms with Crippen LogP contribution in [0.25, 0.3) is 0 Å². The molecule has 3 nitrogen and oxygen atoms in total. The first-order chi connectivity index (χ1) is 8.12. The van der Waals surface area contributed by atoms with Gasteiger partial charge >= 0.3 is 8.56 Å². The quantitative estimate of drug-likeness (QED) is 0.717. The predicted octanol–water partition coefficient (Wildman–Crippen LogP) is 1.51. The minimum absolute atomic E-state index is 0.305. The van der Waals surface area contributed by atoms with E-state index in [1.807, 2.05) is 18.2 Å². The van der Waals surface area contributed by atoms with Crippen LogP contribution in [0.2, 0.25) is 0 Å². The van der Waals surface area contributed by atoms with Crippen molar-refractivity contribution in [3.8, 4) is 0 Å². The lowest BCUT2D eigenvalue weighted by Crippen LogP contribution is -2.65. The number of benzene rings is 1. The summed E-state index contributed by atoms with van der Waals surface area (Å²) < 4.78 is 11.7. The summed E-state index contributed by atoms with van der Waals surface area (Å²) in [4.78, 5) is 2.20. The van der Waals surface area contributed by atoms with Crippen LogP contribution in [0.4, 0.5) is 0 Å². The highest BCUT2D eigenvalue weighted by molar-refractivity contribution is 6.82. The maximum atomic E-state index is 5.86. The van der Waals surface area contributed by atoms with Gasteiger partial charge in [0.1, 0.15) is 0 Å². The minimum atomic E-state index is -2.39. The molecule has 17 heavy (non-hydrogen) atoms. The molecule has 1 aromatic carbocycles. The molecule has 1 rings (SSSR count). The minimum Gasteiger partial charge on any atom is -0.393 e. The van der Waals surface area contributed by atoms with Crippen LogP contribution in [0.15, 0.2) is 30.3 Å². The lowest BCUT2D eigenvalue weighted by Gasteiger charge is -2.38. The SMILES string of the molecule is CCC(N(C)C)[Si](OC)(OC)c1ccccc1. The summed E-state index contributed by atoms with van der Waals surface area (Å²) >= 11 is 0. The number of nitrogens with zero attached hydrogens (tertiary/aromatic N) is 1. The van der Waals surface area contributed by atoms with E-state index in [4.69, 9.17) is 8.85 Å². The smallest absolute Gasteiger partial charge is 0.389 e. The van der Waals surface area contributed by atoms with E-state index in [0.717, 1.165) is 6.42 Å². The van der Waals surface area contributed by atoms with Gasteiger partial charge < -0.3 is 13.8 Å². The van der Waals surface area contributed by atoms with Gasteiger partial charge in [-0.3, -0.25) is 0 Å². The Bertz CT molecular complexity index is 325. The zero-order valence-corrected chi connectivity index (χ0v) is 12.4. The Balaban J connectivity index is 3.21. The first-order valence-corrected chi connectivity index (χ1v) is 7.84. The van der Waals surface area contributed by atoms with Crippen LogP contribution in [0.5, 0.6) is 0 Å². The summed E-state index contributed by atoms with van der Waals surface area (Å²) in [6.07, 6.45) is 1.01. The molecule has 0 heterocycles. The van der Waals surface area contributed by atoms with Crippen LogP contribution in [0.3, 0.4) is 0 Å². The average molecular weight is 253 g/mol. The van der Waals surface area contributed by atoms with E-state index in [9.17, 15) is 0 Å². The largest absolute Gasteiger partial charge is 0.393 e. The van der Waals surface area contributed by atoms with Crippen molar-refractivity contribution in [1.29, 1.82) is 0 Å². The van der Waals surface area contributed by atoms with E-state index >= 15 is 0 Å². The lowest BCUT2D eigenvalue weighted by molar-refractivity contribution is 0.201. The van der Waals surface area contributed by atoms with Crippen LogP contribution in [-0.4, -0.2) is 47.4 Å². The molecule has 0 aromatic heterocycles. The van der Waals surface area contributed by atoms with Crippen molar-refractivity contribution in [1.82, 2.24) is 4.90 Å². The van der Waals surface area contributed by atoms with E-state index in [1.54, 1.807) is 14.2 Å². The first kappa shape index (κ1) is 14.4. The third kappa shape index (κ3) is 2.77. The highest BCUT2D eigenvalue weighted by Crippen LogP contribution is 2.18. The number of hydrogen-bond donors (Lipinski definition) is 0. The van der Waals surface area contributed by atoms with Gasteiger partial charge in [-0.15, -0.1) is 0 Å². The van der Waals surface area contributed by atoms with Crippen LogP contribution in [0, 0.1) is 0 Å². The van der Waals surface area contributed by atoms with Crippen LogP contribution >= 0.6 is 0 Å². The van der Waals surface area contributed by atoms with Crippen molar-refractivity contribution < 1.29 is 8.85 Å². The molecule has 96 valence electrons. The Kier molecular flexibility index (Phi) is 5.33. The maximum Gasteiger partial charge on any atom is 0.389 e. The van der Waals surface area contributed by atoms with Crippen LogP contribution in [0.1, 0.15) is 13.3 Å². The molecule has 0 radical (unpaired) electrons. The van der Waals surface area contributed by atoms with Crippen molar-refractivity contribution >= 4 is 13.7 Å². The molecular weight excluding hydrogens is 230 g/mol. The Morgan fingerprint density at radius 1 is 1.12 bits per heavy atom. The molecule has 0 aliphatic heterocycles.